The number of hydrogen-bond donors (Lipinski definition) is 1. The van der Waals surface area contributed by atoms with Gasteiger partial charge in [0, 0.05) is 12.6 Å². The van der Waals surface area contributed by atoms with E-state index < -0.39 is 5.97 Å². The van der Waals surface area contributed by atoms with E-state index >= 15 is 0 Å². The minimum atomic E-state index is -1.12. The summed E-state index contributed by atoms with van der Waals surface area (Å²) in [5.74, 6) is -1.13. The van der Waals surface area contributed by atoms with Crippen molar-refractivity contribution in [3.8, 4) is 0 Å². The number of hydrogen-bond acceptors (Lipinski definition) is 4. The number of aromatic carboxylic acids is 1. The van der Waals surface area contributed by atoms with Crippen LogP contribution in [-0.4, -0.2) is 49.5 Å². The van der Waals surface area contributed by atoms with Crippen molar-refractivity contribution < 1.29 is 14.7 Å². The number of piperidine rings is 1. The third-order valence-electron chi connectivity index (χ3n) is 3.89. The molecule has 0 spiro atoms. The zero-order valence-electron chi connectivity index (χ0n) is 11.9. The minimum absolute atomic E-state index is 0.0125. The lowest BCUT2D eigenvalue weighted by Crippen LogP contribution is -2.45. The Morgan fingerprint density at radius 1 is 1.40 bits per heavy atom. The first-order chi connectivity index (χ1) is 9.54. The monoisotopic (exact) mass is 280 g/mol. The fraction of sp³-hybridized carbons (Fsp3) is 0.692. The zero-order valence-corrected chi connectivity index (χ0v) is 11.9. The highest BCUT2D eigenvalue weighted by Crippen LogP contribution is 2.20. The van der Waals surface area contributed by atoms with Crippen LogP contribution in [0.2, 0.25) is 0 Å². The maximum atomic E-state index is 12.4. The van der Waals surface area contributed by atoms with Crippen LogP contribution in [0.15, 0.2) is 0 Å². The minimum Gasteiger partial charge on any atom is -0.476 e. The highest BCUT2D eigenvalue weighted by Gasteiger charge is 2.26. The molecule has 0 aromatic carbocycles. The number of rotatable bonds is 4. The molecule has 1 aliphatic heterocycles. The van der Waals surface area contributed by atoms with E-state index in [0.717, 1.165) is 32.2 Å². The van der Waals surface area contributed by atoms with Crippen molar-refractivity contribution in [1.29, 1.82) is 0 Å². The van der Waals surface area contributed by atoms with Crippen LogP contribution < -0.4 is 0 Å². The lowest BCUT2D eigenvalue weighted by molar-refractivity contribution is -0.135. The third-order valence-corrected chi connectivity index (χ3v) is 3.89. The van der Waals surface area contributed by atoms with Gasteiger partial charge in [-0.05, 0) is 32.6 Å². The van der Waals surface area contributed by atoms with Gasteiger partial charge in [-0.1, -0.05) is 12.1 Å². The zero-order chi connectivity index (χ0) is 14.7. The number of likely N-dealkylation sites (tertiary alicyclic amines) is 1. The fourth-order valence-corrected chi connectivity index (χ4v) is 2.68. The molecule has 1 unspecified atom stereocenters. The molecule has 1 aromatic heterocycles. The van der Waals surface area contributed by atoms with Crippen molar-refractivity contribution >= 4 is 11.9 Å². The van der Waals surface area contributed by atoms with E-state index in [1.165, 1.54) is 4.68 Å². The Kier molecular flexibility index (Phi) is 4.36. The molecule has 20 heavy (non-hydrogen) atoms. The van der Waals surface area contributed by atoms with Crippen LogP contribution in [0.1, 0.15) is 48.8 Å². The van der Waals surface area contributed by atoms with Gasteiger partial charge in [0.25, 0.3) is 0 Å². The topological polar surface area (TPSA) is 88.3 Å². The molecule has 1 fully saturated rings. The summed E-state index contributed by atoms with van der Waals surface area (Å²) in [4.78, 5) is 25.2. The normalized spacial score (nSPS) is 19.1. The van der Waals surface area contributed by atoms with Crippen molar-refractivity contribution in [2.75, 3.05) is 6.54 Å². The van der Waals surface area contributed by atoms with Crippen molar-refractivity contribution in [3.05, 3.63) is 11.4 Å². The van der Waals surface area contributed by atoms with Crippen molar-refractivity contribution in [3.63, 3.8) is 0 Å². The molecule has 1 amide bonds. The first-order valence-electron chi connectivity index (χ1n) is 6.97. The second-order valence-corrected chi connectivity index (χ2v) is 5.13. The third kappa shape index (κ3) is 2.81. The summed E-state index contributed by atoms with van der Waals surface area (Å²) in [5.41, 5.74) is 0.319. The van der Waals surface area contributed by atoms with E-state index in [1.807, 2.05) is 4.90 Å². The van der Waals surface area contributed by atoms with Crippen LogP contribution in [0.4, 0.5) is 0 Å². The summed E-state index contributed by atoms with van der Waals surface area (Å²) in [6.07, 6.45) is 4.17. The molecule has 7 nitrogen and oxygen atoms in total. The summed E-state index contributed by atoms with van der Waals surface area (Å²) in [5, 5.41) is 16.3. The van der Waals surface area contributed by atoms with Crippen LogP contribution in [0, 0.1) is 6.92 Å². The van der Waals surface area contributed by atoms with E-state index in [1.54, 1.807) is 6.92 Å². The SMILES string of the molecule is CCC1CCCCN1C(=O)Cn1nnc(C(=O)O)c1C. The van der Waals surface area contributed by atoms with Crippen molar-refractivity contribution in [2.24, 2.45) is 0 Å². The molecule has 1 aliphatic rings. The number of carboxylic acid groups (broad SMARTS) is 1. The smallest absolute Gasteiger partial charge is 0.358 e. The average molecular weight is 280 g/mol. The van der Waals surface area contributed by atoms with Gasteiger partial charge >= 0.3 is 5.97 Å². The van der Waals surface area contributed by atoms with Crippen LogP contribution in [0.3, 0.4) is 0 Å². The summed E-state index contributed by atoms with van der Waals surface area (Å²) in [7, 11) is 0. The largest absolute Gasteiger partial charge is 0.476 e. The molecule has 1 aromatic rings. The standard InChI is InChI=1S/C13H20N4O3/c1-3-10-6-4-5-7-16(10)11(18)8-17-9(2)12(13(19)20)14-15-17/h10H,3-8H2,1-2H3,(H,19,20). The fourth-order valence-electron chi connectivity index (χ4n) is 2.68. The molecule has 110 valence electrons. The predicted molar refractivity (Wildman–Crippen MR) is 71.4 cm³/mol. The van der Waals surface area contributed by atoms with Gasteiger partial charge in [-0.25, -0.2) is 9.48 Å². The van der Waals surface area contributed by atoms with Gasteiger partial charge < -0.3 is 10.0 Å². The Morgan fingerprint density at radius 3 is 2.75 bits per heavy atom. The van der Waals surface area contributed by atoms with E-state index in [2.05, 4.69) is 17.2 Å². The summed E-state index contributed by atoms with van der Waals surface area (Å²) < 4.78 is 1.37. The average Bonchev–Trinajstić information content (AvgIpc) is 2.80. The Morgan fingerprint density at radius 2 is 2.15 bits per heavy atom. The Labute approximate surface area is 117 Å². The number of carbonyl (C=O) groups excluding carboxylic acids is 1. The lowest BCUT2D eigenvalue weighted by atomic mass is 10.00. The maximum absolute atomic E-state index is 12.4. The van der Waals surface area contributed by atoms with Crippen LogP contribution >= 0.6 is 0 Å². The molecular formula is C13H20N4O3. The van der Waals surface area contributed by atoms with Crippen molar-refractivity contribution in [2.45, 2.75) is 52.1 Å². The first kappa shape index (κ1) is 14.5. The van der Waals surface area contributed by atoms with E-state index in [9.17, 15) is 9.59 Å². The second-order valence-electron chi connectivity index (χ2n) is 5.13. The van der Waals surface area contributed by atoms with Gasteiger partial charge in [0.15, 0.2) is 5.69 Å². The molecule has 0 saturated carbocycles. The van der Waals surface area contributed by atoms with Crippen LogP contribution in [0.25, 0.3) is 0 Å². The summed E-state index contributed by atoms with van der Waals surface area (Å²) in [6.45, 7) is 4.53. The lowest BCUT2D eigenvalue weighted by Gasteiger charge is -2.35. The summed E-state index contributed by atoms with van der Waals surface area (Å²) in [6, 6.07) is 0.291. The van der Waals surface area contributed by atoms with E-state index in [-0.39, 0.29) is 18.1 Å². The molecule has 1 saturated heterocycles. The maximum Gasteiger partial charge on any atom is 0.358 e. The number of carboxylic acids is 1. The van der Waals surface area contributed by atoms with E-state index in [0.29, 0.717) is 11.7 Å². The molecule has 0 radical (unpaired) electrons. The first-order valence-corrected chi connectivity index (χ1v) is 6.97. The predicted octanol–water partition coefficient (Wildman–Crippen LogP) is 1.08. The molecule has 2 rings (SSSR count). The molecule has 7 heteroatoms. The van der Waals surface area contributed by atoms with Gasteiger partial charge in [-0.15, -0.1) is 5.10 Å². The van der Waals surface area contributed by atoms with Crippen molar-refractivity contribution in [1.82, 2.24) is 19.9 Å². The number of carbonyl (C=O) groups is 2. The van der Waals surface area contributed by atoms with Crippen LogP contribution in [-0.2, 0) is 11.3 Å². The summed E-state index contributed by atoms with van der Waals surface area (Å²) >= 11 is 0. The highest BCUT2D eigenvalue weighted by atomic mass is 16.4. The molecular weight excluding hydrogens is 260 g/mol. The van der Waals surface area contributed by atoms with Gasteiger partial charge in [-0.2, -0.15) is 0 Å². The molecule has 0 bridgehead atoms. The quantitative estimate of drug-likeness (QED) is 0.891. The Hall–Kier alpha value is -1.92. The van der Waals surface area contributed by atoms with Gasteiger partial charge in [0.05, 0.1) is 5.69 Å². The molecule has 0 aliphatic carbocycles. The molecule has 1 atom stereocenters. The molecule has 2 heterocycles. The second kappa shape index (κ2) is 6.02. The number of aromatic nitrogens is 3. The number of amides is 1. The van der Waals surface area contributed by atoms with Gasteiger partial charge in [0.2, 0.25) is 5.91 Å². The van der Waals surface area contributed by atoms with Crippen LogP contribution in [0.5, 0.6) is 0 Å². The Balaban J connectivity index is 2.09. The Bertz CT molecular complexity index is 512. The van der Waals surface area contributed by atoms with Gasteiger partial charge in [0.1, 0.15) is 6.54 Å². The highest BCUT2D eigenvalue weighted by molar-refractivity contribution is 5.86. The molecule has 1 N–H and O–H groups in total. The van der Waals surface area contributed by atoms with E-state index in [4.69, 9.17) is 5.11 Å². The number of nitrogens with zero attached hydrogens (tertiary/aromatic N) is 4. The van der Waals surface area contributed by atoms with Gasteiger partial charge in [-0.3, -0.25) is 4.79 Å².